The van der Waals surface area contributed by atoms with Gasteiger partial charge in [-0.15, -0.1) is 0 Å². The highest BCUT2D eigenvalue weighted by Crippen LogP contribution is 2.28. The third kappa shape index (κ3) is 3.27. The van der Waals surface area contributed by atoms with Gasteiger partial charge in [0.2, 0.25) is 5.91 Å². The second kappa shape index (κ2) is 6.44. The van der Waals surface area contributed by atoms with E-state index in [2.05, 4.69) is 10.6 Å². The van der Waals surface area contributed by atoms with E-state index in [1.54, 1.807) is 11.8 Å². The molecular formula is C16H18N2O3S. The van der Waals surface area contributed by atoms with Crippen LogP contribution in [0.5, 0.6) is 0 Å². The summed E-state index contributed by atoms with van der Waals surface area (Å²) in [7, 11) is 0. The number of furan rings is 1. The van der Waals surface area contributed by atoms with Crippen LogP contribution >= 0.6 is 11.8 Å². The van der Waals surface area contributed by atoms with Crippen LogP contribution in [0.15, 0.2) is 28.7 Å². The van der Waals surface area contributed by atoms with Gasteiger partial charge >= 0.3 is 0 Å². The summed E-state index contributed by atoms with van der Waals surface area (Å²) in [5.41, 5.74) is 1.57. The summed E-state index contributed by atoms with van der Waals surface area (Å²) in [4.78, 5) is 24.0. The summed E-state index contributed by atoms with van der Waals surface area (Å²) in [5.74, 6) is 0.493. The van der Waals surface area contributed by atoms with E-state index in [4.69, 9.17) is 4.42 Å². The lowest BCUT2D eigenvalue weighted by molar-refractivity contribution is -0.120. The van der Waals surface area contributed by atoms with Crippen molar-refractivity contribution in [1.29, 1.82) is 0 Å². The smallest absolute Gasteiger partial charge is 0.287 e. The molecule has 1 fully saturated rings. The molecule has 2 aromatic rings. The van der Waals surface area contributed by atoms with Crippen molar-refractivity contribution in [3.63, 3.8) is 0 Å². The molecule has 0 radical (unpaired) electrons. The van der Waals surface area contributed by atoms with Crippen LogP contribution < -0.4 is 10.6 Å². The maximum atomic E-state index is 12.3. The zero-order valence-electron chi connectivity index (χ0n) is 12.3. The zero-order chi connectivity index (χ0) is 15.5. The molecule has 1 aromatic heterocycles. The first-order valence-electron chi connectivity index (χ1n) is 7.26. The predicted octanol–water partition coefficient (Wildman–Crippen LogP) is 2.30. The molecule has 1 aliphatic rings. The van der Waals surface area contributed by atoms with Crippen LogP contribution in [0.3, 0.4) is 0 Å². The van der Waals surface area contributed by atoms with Crippen molar-refractivity contribution in [3.8, 4) is 0 Å². The maximum Gasteiger partial charge on any atom is 0.287 e. The number of hydrogen-bond acceptors (Lipinski definition) is 4. The number of carbonyl (C=O) groups is 2. The number of hydrogen-bond donors (Lipinski definition) is 2. The van der Waals surface area contributed by atoms with E-state index < -0.39 is 0 Å². The summed E-state index contributed by atoms with van der Waals surface area (Å²) in [6, 6.07) is 7.88. The number of nitrogens with one attached hydrogen (secondary N) is 2. The van der Waals surface area contributed by atoms with Crippen molar-refractivity contribution in [2.75, 3.05) is 12.8 Å². The first-order chi connectivity index (χ1) is 10.7. The molecule has 0 spiro atoms. The number of thioether (sulfide) groups is 1. The molecule has 22 heavy (non-hydrogen) atoms. The van der Waals surface area contributed by atoms with E-state index in [0.717, 1.165) is 23.8 Å². The highest BCUT2D eigenvalue weighted by molar-refractivity contribution is 7.97. The lowest BCUT2D eigenvalue weighted by Crippen LogP contribution is -2.37. The average Bonchev–Trinajstić information content (AvgIpc) is 3.25. The van der Waals surface area contributed by atoms with Gasteiger partial charge < -0.3 is 15.1 Å². The average molecular weight is 318 g/mol. The minimum Gasteiger partial charge on any atom is -0.451 e. The molecule has 0 aliphatic heterocycles. The topological polar surface area (TPSA) is 71.3 Å². The number of para-hydroxylation sites is 1. The van der Waals surface area contributed by atoms with Gasteiger partial charge in [-0.2, -0.15) is 11.8 Å². The number of amides is 2. The van der Waals surface area contributed by atoms with Gasteiger partial charge in [-0.25, -0.2) is 0 Å². The molecule has 1 aliphatic carbocycles. The van der Waals surface area contributed by atoms with E-state index in [0.29, 0.717) is 23.1 Å². The Morgan fingerprint density at radius 1 is 1.32 bits per heavy atom. The Balaban J connectivity index is 1.74. The Morgan fingerprint density at radius 3 is 2.82 bits per heavy atom. The van der Waals surface area contributed by atoms with Crippen LogP contribution in [-0.2, 0) is 10.5 Å². The molecule has 2 amide bonds. The fourth-order valence-electron chi connectivity index (χ4n) is 2.32. The first kappa shape index (κ1) is 15.0. The minimum atomic E-state index is -0.341. The molecule has 1 heterocycles. The SMILES string of the molecule is CSCc1c(C(=O)NCC(=O)NC2CC2)oc2ccccc12. The van der Waals surface area contributed by atoms with Gasteiger partial charge in [0.05, 0.1) is 6.54 Å². The fraction of sp³-hybridized carbons (Fsp3) is 0.375. The highest BCUT2D eigenvalue weighted by atomic mass is 32.2. The number of benzene rings is 1. The zero-order valence-corrected chi connectivity index (χ0v) is 13.2. The van der Waals surface area contributed by atoms with Gasteiger partial charge in [-0.05, 0) is 25.2 Å². The highest BCUT2D eigenvalue weighted by Gasteiger charge is 2.24. The predicted molar refractivity (Wildman–Crippen MR) is 86.9 cm³/mol. The van der Waals surface area contributed by atoms with E-state index in [-0.39, 0.29) is 18.4 Å². The first-order valence-corrected chi connectivity index (χ1v) is 8.65. The normalized spacial score (nSPS) is 14.0. The van der Waals surface area contributed by atoms with E-state index in [9.17, 15) is 9.59 Å². The standard InChI is InChI=1S/C16H18N2O3S/c1-22-9-12-11-4-2-3-5-13(11)21-15(12)16(20)17-8-14(19)18-10-6-7-10/h2-5,10H,6-9H2,1H3,(H,17,20)(H,18,19). The molecule has 0 atom stereocenters. The summed E-state index contributed by atoms with van der Waals surface area (Å²) in [5, 5.41) is 6.42. The van der Waals surface area contributed by atoms with Crippen LogP contribution in [0.25, 0.3) is 11.0 Å². The van der Waals surface area contributed by atoms with Gasteiger partial charge in [-0.1, -0.05) is 18.2 Å². The Labute approximate surface area is 132 Å². The maximum absolute atomic E-state index is 12.3. The van der Waals surface area contributed by atoms with Gasteiger partial charge in [0, 0.05) is 22.7 Å². The summed E-state index contributed by atoms with van der Waals surface area (Å²) >= 11 is 1.63. The van der Waals surface area contributed by atoms with Crippen LogP contribution in [0.4, 0.5) is 0 Å². The molecule has 2 N–H and O–H groups in total. The monoisotopic (exact) mass is 318 g/mol. The molecule has 116 valence electrons. The molecule has 1 saturated carbocycles. The summed E-state index contributed by atoms with van der Waals surface area (Å²) in [6.45, 7) is -0.0227. The third-order valence-corrected chi connectivity index (χ3v) is 4.12. The second-order valence-corrected chi connectivity index (χ2v) is 6.23. The quantitative estimate of drug-likeness (QED) is 0.857. The summed E-state index contributed by atoms with van der Waals surface area (Å²) < 4.78 is 5.68. The Morgan fingerprint density at radius 2 is 2.09 bits per heavy atom. The van der Waals surface area contributed by atoms with Gasteiger partial charge in [0.1, 0.15) is 5.58 Å². The van der Waals surface area contributed by atoms with Crippen molar-refractivity contribution in [3.05, 3.63) is 35.6 Å². The van der Waals surface area contributed by atoms with Crippen LogP contribution in [-0.4, -0.2) is 30.7 Å². The van der Waals surface area contributed by atoms with Gasteiger partial charge in [0.25, 0.3) is 5.91 Å². The number of carbonyl (C=O) groups excluding carboxylic acids is 2. The van der Waals surface area contributed by atoms with Gasteiger partial charge in [-0.3, -0.25) is 9.59 Å². The van der Waals surface area contributed by atoms with Crippen molar-refractivity contribution < 1.29 is 14.0 Å². The fourth-order valence-corrected chi connectivity index (χ4v) is 2.89. The largest absolute Gasteiger partial charge is 0.451 e. The Bertz CT molecular complexity index is 706. The van der Waals surface area contributed by atoms with E-state index in [1.807, 2.05) is 30.5 Å². The molecule has 3 rings (SSSR count). The second-order valence-electron chi connectivity index (χ2n) is 5.36. The van der Waals surface area contributed by atoms with Crippen LogP contribution in [0.2, 0.25) is 0 Å². The van der Waals surface area contributed by atoms with E-state index in [1.165, 1.54) is 0 Å². The van der Waals surface area contributed by atoms with Gasteiger partial charge in [0.15, 0.2) is 5.76 Å². The minimum absolute atomic E-state index is 0.0227. The molecule has 0 unspecified atom stereocenters. The molecule has 6 heteroatoms. The van der Waals surface area contributed by atoms with Crippen molar-refractivity contribution in [2.24, 2.45) is 0 Å². The lowest BCUT2D eigenvalue weighted by atomic mass is 10.1. The number of rotatable bonds is 6. The lowest BCUT2D eigenvalue weighted by Gasteiger charge is -2.05. The van der Waals surface area contributed by atoms with Crippen molar-refractivity contribution in [2.45, 2.75) is 24.6 Å². The third-order valence-electron chi connectivity index (χ3n) is 3.55. The molecule has 0 saturated heterocycles. The Hall–Kier alpha value is -1.95. The molecular weight excluding hydrogens is 300 g/mol. The summed E-state index contributed by atoms with van der Waals surface area (Å²) in [6.07, 6.45) is 4.04. The number of fused-ring (bicyclic) bond motifs is 1. The van der Waals surface area contributed by atoms with Crippen molar-refractivity contribution >= 4 is 34.5 Å². The molecule has 1 aromatic carbocycles. The van der Waals surface area contributed by atoms with E-state index >= 15 is 0 Å². The van der Waals surface area contributed by atoms with Crippen LogP contribution in [0, 0.1) is 0 Å². The van der Waals surface area contributed by atoms with Crippen LogP contribution in [0.1, 0.15) is 29.0 Å². The molecule has 5 nitrogen and oxygen atoms in total. The Kier molecular flexibility index (Phi) is 4.38. The van der Waals surface area contributed by atoms with Crippen molar-refractivity contribution in [1.82, 2.24) is 10.6 Å². The molecule has 0 bridgehead atoms.